The summed E-state index contributed by atoms with van der Waals surface area (Å²) in [5.41, 5.74) is 15.7. The van der Waals surface area contributed by atoms with Crippen LogP contribution in [0.2, 0.25) is 0 Å². The van der Waals surface area contributed by atoms with Crippen LogP contribution in [0, 0.1) is 119 Å². The summed E-state index contributed by atoms with van der Waals surface area (Å²) in [5.74, 6) is -1.71. The van der Waals surface area contributed by atoms with E-state index in [0.717, 1.165) is 79.5 Å². The van der Waals surface area contributed by atoms with Crippen LogP contribution in [0.3, 0.4) is 0 Å². The largest absolute Gasteiger partial charge is 3.00 e. The minimum absolute atomic E-state index is 0. The van der Waals surface area contributed by atoms with Gasteiger partial charge in [-0.2, -0.15) is 0 Å². The van der Waals surface area contributed by atoms with Crippen LogP contribution < -0.4 is 15.3 Å². The van der Waals surface area contributed by atoms with Crippen molar-refractivity contribution in [3.8, 4) is 11.5 Å². The predicted octanol–water partition coefficient (Wildman–Crippen LogP) is 10.8. The summed E-state index contributed by atoms with van der Waals surface area (Å²) in [4.78, 5) is 20.4. The van der Waals surface area contributed by atoms with Gasteiger partial charge in [-0.15, -0.1) is 0 Å². The van der Waals surface area contributed by atoms with Crippen molar-refractivity contribution in [2.24, 2.45) is 9.98 Å². The number of aryl methyl sites for hydroxylation is 12. The van der Waals surface area contributed by atoms with E-state index < -0.39 is 26.2 Å². The number of carboxylic acid groups (broad SMARTS) is 1. The molecule has 493 valence electrons. The summed E-state index contributed by atoms with van der Waals surface area (Å²) in [6.07, 6.45) is 8.28. The molecular weight excluding hydrogens is 1310 g/mol. The summed E-state index contributed by atoms with van der Waals surface area (Å²) in [6, 6.07) is 18.7. The Morgan fingerprint density at radius 2 is 0.703 bits per heavy atom. The molecule has 1 radical (unpaired) electrons. The Kier molecular flexibility index (Phi) is 28.4. The Labute approximate surface area is 583 Å². The minimum Gasteiger partial charge on any atom is -0.872 e. The summed E-state index contributed by atoms with van der Waals surface area (Å²) < 4.78 is 12.4. The molecule has 0 bridgehead atoms. The van der Waals surface area contributed by atoms with Crippen LogP contribution in [-0.4, -0.2) is 103 Å². The van der Waals surface area contributed by atoms with E-state index in [1.54, 1.807) is 6.07 Å². The standard InChI is InChI=1S/C33H48N2O4.2C15H22BN6.C6H14.Cu.La/c1-30(2,3)22-13-20(27(36)24(15-22)32(7,8)9)17-34-19-26(29(38)39)35-18-21-14-23(31(4,5)6)16-25(28(21)37)33(10,11)12;2*1-10-7-13(4)20(17-10)16(21-14(5)8-11(2)18-21)22-15(6)9-12(3)19-22;1-3-5-6-4-2;;/h13-18,26,36-37H,19H2,1-12H3,(H,38,39);2*7-9,16H,1-6H3;3-6H2,1-2H3;;/q;2*-1;;+2;+3/p-3/t26-;;;;;/m1...../s1. The van der Waals surface area contributed by atoms with Crippen molar-refractivity contribution >= 4 is 32.6 Å². The van der Waals surface area contributed by atoms with Gasteiger partial charge in [0, 0.05) is 12.4 Å². The topological polar surface area (TPSA) is 218 Å². The molecule has 0 amide bonds. The molecule has 6 heterocycles. The first-order valence-electron chi connectivity index (χ1n) is 31.6. The van der Waals surface area contributed by atoms with E-state index in [2.05, 4.69) is 171 Å². The van der Waals surface area contributed by atoms with Gasteiger partial charge in [0.25, 0.3) is 0 Å². The van der Waals surface area contributed by atoms with Gasteiger partial charge in [-0.05, 0) is 209 Å². The summed E-state index contributed by atoms with van der Waals surface area (Å²) >= 11 is 0. The van der Waals surface area contributed by atoms with Crippen molar-refractivity contribution in [1.29, 1.82) is 0 Å². The molecule has 0 unspecified atom stereocenters. The van der Waals surface area contributed by atoms with Crippen molar-refractivity contribution in [1.82, 2.24) is 58.1 Å². The maximum atomic E-state index is 13.2. The first kappa shape index (κ1) is 79.2. The zero-order chi connectivity index (χ0) is 67.0. The number of aliphatic imine (C=N–C) groups is 2. The van der Waals surface area contributed by atoms with Crippen LogP contribution in [-0.2, 0) is 43.5 Å². The number of unbranched alkanes of at least 4 members (excludes halogenated alkanes) is 3. The van der Waals surface area contributed by atoms with Crippen molar-refractivity contribution in [3.63, 3.8) is 0 Å². The average molecular weight is 1420 g/mol. The third kappa shape index (κ3) is 21.0. The maximum absolute atomic E-state index is 13.2. The van der Waals surface area contributed by atoms with Gasteiger partial charge in [-0.25, -0.2) is 30.6 Å². The molecule has 22 heteroatoms. The van der Waals surface area contributed by atoms with Crippen molar-refractivity contribution < 1.29 is 72.8 Å². The number of hydrogen-bond acceptors (Lipinski definition) is 12. The van der Waals surface area contributed by atoms with E-state index in [1.165, 1.54) is 38.1 Å². The Morgan fingerprint density at radius 1 is 0.451 bits per heavy atom. The van der Waals surface area contributed by atoms with E-state index in [9.17, 15) is 20.1 Å². The fraction of sp³-hybridized carbons (Fsp3) is 0.522. The van der Waals surface area contributed by atoms with Crippen molar-refractivity contribution in [2.45, 2.75) is 233 Å². The van der Waals surface area contributed by atoms with E-state index >= 15 is 0 Å². The third-order valence-electron chi connectivity index (χ3n) is 15.9. The Hall–Kier alpha value is -6.05. The van der Waals surface area contributed by atoms with Gasteiger partial charge in [0.2, 0.25) is 0 Å². The molecule has 1 atom stereocenters. The molecule has 0 aliphatic carbocycles. The van der Waals surface area contributed by atoms with E-state index in [4.69, 9.17) is 30.6 Å². The number of hydrogen-bond donors (Lipinski definition) is 0. The third-order valence-corrected chi connectivity index (χ3v) is 15.9. The van der Waals surface area contributed by atoms with E-state index in [-0.39, 0.29) is 92.4 Å². The number of aliphatic carboxylic acids is 1. The van der Waals surface area contributed by atoms with Crippen LogP contribution in [0.25, 0.3) is 0 Å². The second-order valence-electron chi connectivity index (χ2n) is 28.6. The van der Waals surface area contributed by atoms with Gasteiger partial charge >= 0.3 is 66.9 Å². The molecule has 0 saturated carbocycles. The molecule has 0 saturated heterocycles. The monoisotopic (exact) mass is 1420 g/mol. The SMILES string of the molecule is CC(C)(C)c1cc(C=NC[C@@H](N=Cc2cc(C(C)(C)C)cc(C(C)(C)C)c2[O-])C(=O)[O-])c([O-])c(C(C)(C)C)c1.CCCCCC.Cc1cc(C)n([BH-](n2nc(C)cc2C)n2nc(C)cc2C)n1.Cc1cc(C)n([BH-](n2nc(C)cc2C)n2nc(C)cc2C)n1.[Cu+2].[La+3]. The predicted molar refractivity (Wildman–Crippen MR) is 362 cm³/mol. The maximum Gasteiger partial charge on any atom is 3.00 e. The normalized spacial score (nSPS) is 12.4. The average Bonchev–Trinajstić information content (AvgIpc) is 1.80. The number of carbonyl (C=O) groups excluding carboxylic acids is 1. The first-order valence-corrected chi connectivity index (χ1v) is 31.6. The second-order valence-corrected chi connectivity index (χ2v) is 28.6. The Bertz CT molecular complexity index is 3400. The molecule has 91 heavy (non-hydrogen) atoms. The number of nitrogens with zero attached hydrogens (tertiary/aromatic N) is 14. The number of carbonyl (C=O) groups is 1. The van der Waals surface area contributed by atoms with Crippen LogP contribution in [0.15, 0.2) is 70.6 Å². The van der Waals surface area contributed by atoms with Gasteiger partial charge in [0.1, 0.15) is 6.04 Å². The molecule has 8 aromatic rings. The van der Waals surface area contributed by atoms with Crippen molar-refractivity contribution in [3.05, 3.63) is 162 Å². The molecule has 0 aliphatic heterocycles. The van der Waals surface area contributed by atoms with Crippen LogP contribution in [0.5, 0.6) is 11.5 Å². The zero-order valence-corrected chi connectivity index (χ0v) is 64.3. The molecule has 2 aromatic carbocycles. The van der Waals surface area contributed by atoms with Crippen LogP contribution in [0.4, 0.5) is 0 Å². The van der Waals surface area contributed by atoms with Crippen LogP contribution in [0.1, 0.15) is 224 Å². The summed E-state index contributed by atoms with van der Waals surface area (Å²) in [7, 11) is -2.52. The van der Waals surface area contributed by atoms with Crippen molar-refractivity contribution in [2.75, 3.05) is 6.54 Å². The molecule has 0 spiro atoms. The minimum atomic E-state index is -1.40. The molecule has 6 aromatic heterocycles. The first-order chi connectivity index (χ1) is 41.2. The Balaban J connectivity index is 0.000000354. The molecule has 0 N–H and O–H groups in total. The fourth-order valence-corrected chi connectivity index (χ4v) is 11.1. The molecule has 8 rings (SSSR count). The van der Waals surface area contributed by atoms with Gasteiger partial charge in [-0.1, -0.05) is 158 Å². The van der Waals surface area contributed by atoms with Gasteiger partial charge in [-0.3, -0.25) is 9.98 Å². The molecular formula is C69H103B2CuLaN14O4. The smallest absolute Gasteiger partial charge is 0.872 e. The fourth-order valence-electron chi connectivity index (χ4n) is 11.1. The number of aromatic nitrogens is 12. The van der Waals surface area contributed by atoms with Gasteiger partial charge in [0.15, 0.2) is 0 Å². The van der Waals surface area contributed by atoms with Gasteiger partial charge < -0.3 is 47.7 Å². The van der Waals surface area contributed by atoms with E-state index in [1.807, 2.05) is 101 Å². The molecule has 0 aliphatic rings. The Morgan fingerprint density at radius 3 is 0.901 bits per heavy atom. The van der Waals surface area contributed by atoms with E-state index in [0.29, 0.717) is 22.3 Å². The van der Waals surface area contributed by atoms with Crippen LogP contribution >= 0.6 is 0 Å². The summed E-state index contributed by atoms with van der Waals surface area (Å²) in [5, 5.41) is 66.5. The number of rotatable bonds is 15. The molecule has 18 nitrogen and oxygen atoms in total. The number of benzene rings is 2. The number of carboxylic acids is 1. The quantitative estimate of drug-likeness (QED) is 0.0537. The second kappa shape index (κ2) is 32.7. The zero-order valence-electron chi connectivity index (χ0n) is 59.7. The summed E-state index contributed by atoms with van der Waals surface area (Å²) in [6.45, 7) is 53.1. The molecule has 0 fully saturated rings. The van der Waals surface area contributed by atoms with Gasteiger partial charge in [0.05, 0.1) is 46.7 Å².